The van der Waals surface area contributed by atoms with Gasteiger partial charge < -0.3 is 21.3 Å². The van der Waals surface area contributed by atoms with E-state index in [0.717, 1.165) is 37.7 Å². The number of rotatable bonds is 3. The van der Waals surface area contributed by atoms with Crippen LogP contribution in [0, 0.1) is 0 Å². The first-order chi connectivity index (χ1) is 8.11. The number of carbonyl (C=O) groups excluding carboxylic acids is 1. The molecule has 1 saturated heterocycles. The van der Waals surface area contributed by atoms with Crippen molar-refractivity contribution in [2.45, 2.75) is 6.92 Å². The van der Waals surface area contributed by atoms with Crippen molar-refractivity contribution in [3.8, 4) is 0 Å². The minimum Gasteiger partial charge on any atom is -0.397 e. The Morgan fingerprint density at radius 2 is 2.06 bits per heavy atom. The molecular weight excluding hydrogens is 236 g/mol. The summed E-state index contributed by atoms with van der Waals surface area (Å²) in [6.45, 7) is 7.33. The second kappa shape index (κ2) is 4.93. The second-order valence-corrected chi connectivity index (χ2v) is 5.19. The number of nitrogen functional groups attached to an aromatic ring is 1. The monoisotopic (exact) mass is 254 g/mol. The van der Waals surface area contributed by atoms with Crippen molar-refractivity contribution < 1.29 is 4.79 Å². The lowest BCUT2D eigenvalue weighted by Gasteiger charge is -2.34. The molecule has 0 unspecified atom stereocenters. The van der Waals surface area contributed by atoms with Crippen LogP contribution in [-0.2, 0) is 0 Å². The second-order valence-electron chi connectivity index (χ2n) is 4.15. The number of hydrogen-bond donors (Lipinski definition) is 2. The first-order valence-corrected chi connectivity index (χ1v) is 6.60. The molecule has 1 fully saturated rings. The smallest absolute Gasteiger partial charge is 0.260 e. The van der Waals surface area contributed by atoms with Crippen LogP contribution in [0.2, 0.25) is 0 Å². The average Bonchev–Trinajstić information content (AvgIpc) is 2.71. The zero-order valence-corrected chi connectivity index (χ0v) is 10.8. The van der Waals surface area contributed by atoms with Gasteiger partial charge in [0.1, 0.15) is 4.88 Å². The van der Waals surface area contributed by atoms with E-state index in [2.05, 4.69) is 16.7 Å². The number of hydrogen-bond acceptors (Lipinski definition) is 5. The minimum absolute atomic E-state index is 0.439. The fourth-order valence-electron chi connectivity index (χ4n) is 2.02. The van der Waals surface area contributed by atoms with Gasteiger partial charge in [0.2, 0.25) is 0 Å². The average molecular weight is 254 g/mol. The molecule has 6 heteroatoms. The summed E-state index contributed by atoms with van der Waals surface area (Å²) in [6, 6.07) is 1.85. The molecule has 0 atom stereocenters. The molecule has 4 N–H and O–H groups in total. The van der Waals surface area contributed by atoms with E-state index in [1.54, 1.807) is 0 Å². The number of carbonyl (C=O) groups is 1. The maximum absolute atomic E-state index is 11.1. The van der Waals surface area contributed by atoms with Gasteiger partial charge in [-0.05, 0) is 12.6 Å². The molecular formula is C11H18N4OS. The lowest BCUT2D eigenvalue weighted by Crippen LogP contribution is -2.45. The number of piperazine rings is 1. The first kappa shape index (κ1) is 12.2. The van der Waals surface area contributed by atoms with Crippen LogP contribution in [0.5, 0.6) is 0 Å². The van der Waals surface area contributed by atoms with Gasteiger partial charge in [0.25, 0.3) is 5.91 Å². The Morgan fingerprint density at radius 3 is 2.53 bits per heavy atom. The van der Waals surface area contributed by atoms with Crippen molar-refractivity contribution in [3.05, 3.63) is 10.9 Å². The SMILES string of the molecule is CCN1CCN(c2cc(N)c(C(N)=O)s2)CC1. The van der Waals surface area contributed by atoms with Gasteiger partial charge >= 0.3 is 0 Å². The Balaban J connectivity index is 2.08. The fraction of sp³-hybridized carbons (Fsp3) is 0.545. The first-order valence-electron chi connectivity index (χ1n) is 5.78. The molecule has 0 spiro atoms. The maximum atomic E-state index is 11.1. The van der Waals surface area contributed by atoms with Crippen molar-refractivity contribution in [2.75, 3.05) is 43.4 Å². The van der Waals surface area contributed by atoms with Crippen LogP contribution < -0.4 is 16.4 Å². The van der Waals surface area contributed by atoms with Gasteiger partial charge in [-0.25, -0.2) is 0 Å². The summed E-state index contributed by atoms with van der Waals surface area (Å²) < 4.78 is 0. The van der Waals surface area contributed by atoms with Crippen LogP contribution >= 0.6 is 11.3 Å². The Labute approximate surface area is 105 Å². The van der Waals surface area contributed by atoms with Crippen molar-refractivity contribution in [3.63, 3.8) is 0 Å². The molecule has 0 bridgehead atoms. The normalized spacial score (nSPS) is 17.4. The Morgan fingerprint density at radius 1 is 1.41 bits per heavy atom. The van der Waals surface area contributed by atoms with Crippen molar-refractivity contribution in [1.82, 2.24) is 4.90 Å². The molecule has 0 aromatic carbocycles. The quantitative estimate of drug-likeness (QED) is 0.827. The number of primary amides is 1. The highest BCUT2D eigenvalue weighted by Gasteiger charge is 2.20. The molecule has 2 heterocycles. The zero-order valence-electron chi connectivity index (χ0n) is 9.98. The zero-order chi connectivity index (χ0) is 12.4. The molecule has 5 nitrogen and oxygen atoms in total. The molecule has 1 amide bonds. The van der Waals surface area contributed by atoms with E-state index in [1.807, 2.05) is 6.07 Å². The highest BCUT2D eigenvalue weighted by atomic mass is 32.1. The summed E-state index contributed by atoms with van der Waals surface area (Å²) in [5, 5.41) is 1.05. The predicted octanol–water partition coefficient (Wildman–Crippen LogP) is 0.571. The third-order valence-electron chi connectivity index (χ3n) is 3.10. The molecule has 0 aliphatic carbocycles. The molecule has 1 aromatic rings. The highest BCUT2D eigenvalue weighted by molar-refractivity contribution is 7.18. The van der Waals surface area contributed by atoms with Gasteiger partial charge in [-0.3, -0.25) is 4.79 Å². The van der Waals surface area contributed by atoms with Crippen LogP contribution in [0.4, 0.5) is 10.7 Å². The minimum atomic E-state index is -0.439. The predicted molar refractivity (Wildman–Crippen MR) is 71.6 cm³/mol. The summed E-state index contributed by atoms with van der Waals surface area (Å²) in [5.74, 6) is -0.439. The van der Waals surface area contributed by atoms with Gasteiger partial charge in [0, 0.05) is 26.2 Å². The van der Waals surface area contributed by atoms with Crippen molar-refractivity contribution in [1.29, 1.82) is 0 Å². The number of nitrogens with zero attached hydrogens (tertiary/aromatic N) is 2. The highest BCUT2D eigenvalue weighted by Crippen LogP contribution is 2.32. The summed E-state index contributed by atoms with van der Waals surface area (Å²) in [4.78, 5) is 16.3. The van der Waals surface area contributed by atoms with Crippen LogP contribution in [0.25, 0.3) is 0 Å². The van der Waals surface area contributed by atoms with E-state index in [9.17, 15) is 4.79 Å². The van der Waals surface area contributed by atoms with Gasteiger partial charge in [-0.15, -0.1) is 11.3 Å². The van der Waals surface area contributed by atoms with E-state index in [1.165, 1.54) is 11.3 Å². The molecule has 2 rings (SSSR count). The Kier molecular flexibility index (Phi) is 3.54. The number of amides is 1. The van der Waals surface area contributed by atoms with Gasteiger partial charge in [0.15, 0.2) is 0 Å². The standard InChI is InChI=1S/C11H18N4OS/c1-2-14-3-5-15(6-4-14)9-7-8(12)10(17-9)11(13)16/h7H,2-6,12H2,1H3,(H2,13,16). The molecule has 1 aliphatic rings. The number of thiophene rings is 1. The number of likely N-dealkylation sites (N-methyl/N-ethyl adjacent to an activating group) is 1. The molecule has 94 valence electrons. The van der Waals surface area contributed by atoms with Gasteiger partial charge in [0.05, 0.1) is 10.7 Å². The Bertz CT molecular complexity index is 410. The van der Waals surface area contributed by atoms with E-state index in [4.69, 9.17) is 11.5 Å². The summed E-state index contributed by atoms with van der Waals surface area (Å²) in [7, 11) is 0. The number of anilines is 2. The third-order valence-corrected chi connectivity index (χ3v) is 4.33. The largest absolute Gasteiger partial charge is 0.397 e. The van der Waals surface area contributed by atoms with Gasteiger partial charge in [-0.2, -0.15) is 0 Å². The topological polar surface area (TPSA) is 75.6 Å². The summed E-state index contributed by atoms with van der Waals surface area (Å²) in [6.07, 6.45) is 0. The van der Waals surface area contributed by atoms with Crippen LogP contribution in [0.3, 0.4) is 0 Å². The van der Waals surface area contributed by atoms with E-state index in [0.29, 0.717) is 10.6 Å². The van der Waals surface area contributed by atoms with Crippen LogP contribution in [0.1, 0.15) is 16.6 Å². The summed E-state index contributed by atoms with van der Waals surface area (Å²) in [5.41, 5.74) is 11.5. The fourth-order valence-corrected chi connectivity index (χ4v) is 3.01. The molecule has 17 heavy (non-hydrogen) atoms. The van der Waals surface area contributed by atoms with E-state index < -0.39 is 5.91 Å². The lowest BCUT2D eigenvalue weighted by molar-refractivity contribution is 0.100. The third kappa shape index (κ3) is 2.53. The maximum Gasteiger partial charge on any atom is 0.260 e. The van der Waals surface area contributed by atoms with Crippen molar-refractivity contribution >= 4 is 27.9 Å². The van der Waals surface area contributed by atoms with Gasteiger partial charge in [-0.1, -0.05) is 6.92 Å². The van der Waals surface area contributed by atoms with Crippen molar-refractivity contribution in [2.24, 2.45) is 5.73 Å². The number of nitrogens with two attached hydrogens (primary N) is 2. The van der Waals surface area contributed by atoms with E-state index in [-0.39, 0.29) is 0 Å². The molecule has 0 radical (unpaired) electrons. The van der Waals surface area contributed by atoms with Crippen LogP contribution in [-0.4, -0.2) is 43.5 Å². The van der Waals surface area contributed by atoms with Crippen LogP contribution in [0.15, 0.2) is 6.07 Å². The molecule has 1 aromatic heterocycles. The van der Waals surface area contributed by atoms with E-state index >= 15 is 0 Å². The molecule has 1 aliphatic heterocycles. The Hall–Kier alpha value is -1.27. The lowest BCUT2D eigenvalue weighted by atomic mass is 10.3. The molecule has 0 saturated carbocycles. The summed E-state index contributed by atoms with van der Waals surface area (Å²) >= 11 is 1.39.